The van der Waals surface area contributed by atoms with Crippen molar-refractivity contribution in [1.29, 1.82) is 5.41 Å². The van der Waals surface area contributed by atoms with Crippen LogP contribution in [0.4, 0.5) is 13.2 Å². The van der Waals surface area contributed by atoms with Gasteiger partial charge in [0.05, 0.1) is 25.4 Å². The molecule has 2 heterocycles. The van der Waals surface area contributed by atoms with E-state index in [0.29, 0.717) is 17.7 Å². The van der Waals surface area contributed by atoms with E-state index in [4.69, 9.17) is 10.1 Å². The van der Waals surface area contributed by atoms with Crippen LogP contribution < -0.4 is 0 Å². The molecule has 3 aromatic rings. The highest BCUT2D eigenvalue weighted by molar-refractivity contribution is 5.90. The Kier molecular flexibility index (Phi) is 4.26. The second-order valence-electron chi connectivity index (χ2n) is 5.08. The molecular weight excluding hydrogens is 339 g/mol. The minimum Gasteiger partial charge on any atom is -0.481 e. The van der Waals surface area contributed by atoms with Crippen molar-refractivity contribution in [3.63, 3.8) is 0 Å². The summed E-state index contributed by atoms with van der Waals surface area (Å²) in [5, 5.41) is 15.0. The molecular formula is C15H12F3N5O2. The smallest absolute Gasteiger partial charge is 0.471 e. The maximum Gasteiger partial charge on any atom is 0.471 e. The number of aromatic nitrogens is 4. The molecule has 0 atom stereocenters. The summed E-state index contributed by atoms with van der Waals surface area (Å²) >= 11 is 0. The van der Waals surface area contributed by atoms with E-state index in [1.165, 1.54) is 13.3 Å². The molecule has 10 heteroatoms. The summed E-state index contributed by atoms with van der Waals surface area (Å²) in [6.07, 6.45) is -1.49. The highest BCUT2D eigenvalue weighted by atomic mass is 19.4. The van der Waals surface area contributed by atoms with Crippen LogP contribution in [0.15, 0.2) is 41.2 Å². The fraction of sp³-hybridized carbons (Fsp3) is 0.200. The summed E-state index contributed by atoms with van der Waals surface area (Å²) in [7, 11) is 1.40. The van der Waals surface area contributed by atoms with Crippen molar-refractivity contribution in [3.05, 3.63) is 53.7 Å². The molecule has 0 bridgehead atoms. The van der Waals surface area contributed by atoms with Gasteiger partial charge in [0, 0.05) is 11.8 Å². The average molecular weight is 351 g/mol. The third-order valence-corrected chi connectivity index (χ3v) is 3.32. The summed E-state index contributed by atoms with van der Waals surface area (Å²) in [6.45, 7) is 0.428. The lowest BCUT2D eigenvalue weighted by molar-refractivity contribution is -0.159. The van der Waals surface area contributed by atoms with Crippen molar-refractivity contribution in [1.82, 2.24) is 19.9 Å². The van der Waals surface area contributed by atoms with E-state index in [9.17, 15) is 13.2 Å². The van der Waals surface area contributed by atoms with E-state index in [1.807, 2.05) is 0 Å². The maximum absolute atomic E-state index is 12.5. The van der Waals surface area contributed by atoms with Crippen molar-refractivity contribution in [2.45, 2.75) is 12.7 Å². The Morgan fingerprint density at radius 1 is 1.28 bits per heavy atom. The minimum absolute atomic E-state index is 0.0131. The van der Waals surface area contributed by atoms with Gasteiger partial charge in [-0.15, -0.1) is 0 Å². The van der Waals surface area contributed by atoms with Crippen molar-refractivity contribution in [2.75, 3.05) is 7.11 Å². The molecule has 0 aliphatic heterocycles. The Labute approximate surface area is 139 Å². The number of hydrogen-bond acceptors (Lipinski definition) is 6. The van der Waals surface area contributed by atoms with E-state index in [0.717, 1.165) is 5.56 Å². The van der Waals surface area contributed by atoms with E-state index < -0.39 is 12.1 Å². The number of benzene rings is 1. The van der Waals surface area contributed by atoms with E-state index in [2.05, 4.69) is 19.8 Å². The van der Waals surface area contributed by atoms with Gasteiger partial charge in [-0.3, -0.25) is 10.1 Å². The molecule has 7 nitrogen and oxygen atoms in total. The summed E-state index contributed by atoms with van der Waals surface area (Å²) in [4.78, 5) is 3.34. The Hall–Kier alpha value is -3.17. The number of ether oxygens (including phenoxy) is 1. The lowest BCUT2D eigenvalue weighted by atomic mass is 10.1. The normalized spacial score (nSPS) is 11.5. The number of hydrogen-bond donors (Lipinski definition) is 1. The van der Waals surface area contributed by atoms with Gasteiger partial charge in [0.2, 0.25) is 11.7 Å². The first-order chi connectivity index (χ1) is 11.9. The molecule has 1 N–H and O–H groups in total. The Balaban J connectivity index is 1.73. The summed E-state index contributed by atoms with van der Waals surface area (Å²) in [5.74, 6) is -1.50. The monoisotopic (exact) mass is 351 g/mol. The Morgan fingerprint density at radius 2 is 2.00 bits per heavy atom. The molecule has 0 unspecified atom stereocenters. The predicted octanol–water partition coefficient (Wildman–Crippen LogP) is 2.97. The summed E-state index contributed by atoms with van der Waals surface area (Å²) in [6, 6.07) is 6.65. The van der Waals surface area contributed by atoms with Gasteiger partial charge < -0.3 is 9.26 Å². The standard InChI is InChI=1S/C15H12F3N5O2/c1-24-12(19)11-6-20-23(8-11)7-9-2-4-10(5-3-9)13-21-14(25-22-13)15(16,17)18/h2-6,8,19H,7H2,1H3. The van der Waals surface area contributed by atoms with Crippen LogP contribution in [0.2, 0.25) is 0 Å². The molecule has 1 aromatic carbocycles. The zero-order chi connectivity index (χ0) is 18.0. The van der Waals surface area contributed by atoms with Crippen molar-refractivity contribution < 1.29 is 22.4 Å². The van der Waals surface area contributed by atoms with Crippen LogP contribution in [0.25, 0.3) is 11.4 Å². The molecule has 0 saturated carbocycles. The van der Waals surface area contributed by atoms with Crippen LogP contribution >= 0.6 is 0 Å². The van der Waals surface area contributed by atoms with Gasteiger partial charge in [0.25, 0.3) is 0 Å². The SMILES string of the molecule is COC(=N)c1cnn(Cc2ccc(-c3noc(C(F)(F)F)n3)cc2)c1. The second-order valence-corrected chi connectivity index (χ2v) is 5.08. The molecule has 25 heavy (non-hydrogen) atoms. The second kappa shape index (κ2) is 6.38. The van der Waals surface area contributed by atoms with Crippen LogP contribution in [0.1, 0.15) is 17.0 Å². The molecule has 0 saturated heterocycles. The fourth-order valence-electron chi connectivity index (χ4n) is 2.09. The summed E-state index contributed by atoms with van der Waals surface area (Å²) < 4.78 is 48.1. The molecule has 130 valence electrons. The van der Waals surface area contributed by atoms with Crippen molar-refractivity contribution >= 4 is 5.90 Å². The molecule has 0 radical (unpaired) electrons. The number of alkyl halides is 3. The third kappa shape index (κ3) is 3.67. The van der Waals surface area contributed by atoms with Crippen LogP contribution in [-0.2, 0) is 17.5 Å². The Morgan fingerprint density at radius 3 is 2.60 bits per heavy atom. The lowest BCUT2D eigenvalue weighted by Crippen LogP contribution is -2.04. The number of halogens is 3. The topological polar surface area (TPSA) is 89.8 Å². The van der Waals surface area contributed by atoms with E-state index >= 15 is 0 Å². The third-order valence-electron chi connectivity index (χ3n) is 3.32. The van der Waals surface area contributed by atoms with E-state index in [1.54, 1.807) is 35.1 Å². The first-order valence-electron chi connectivity index (χ1n) is 7.02. The molecule has 2 aromatic heterocycles. The molecule has 0 spiro atoms. The molecule has 0 amide bonds. The van der Waals surface area contributed by atoms with Crippen LogP contribution in [0.5, 0.6) is 0 Å². The van der Waals surface area contributed by atoms with Gasteiger partial charge in [0.1, 0.15) is 0 Å². The van der Waals surface area contributed by atoms with E-state index in [-0.39, 0.29) is 11.7 Å². The fourth-order valence-corrected chi connectivity index (χ4v) is 2.09. The van der Waals surface area contributed by atoms with Crippen LogP contribution in [0.3, 0.4) is 0 Å². The van der Waals surface area contributed by atoms with Gasteiger partial charge >= 0.3 is 12.1 Å². The molecule has 3 rings (SSSR count). The highest BCUT2D eigenvalue weighted by Gasteiger charge is 2.38. The first-order valence-corrected chi connectivity index (χ1v) is 7.02. The van der Waals surface area contributed by atoms with Gasteiger partial charge in [0.15, 0.2) is 0 Å². The molecule has 0 aliphatic carbocycles. The van der Waals surface area contributed by atoms with Crippen LogP contribution in [0, 0.1) is 5.41 Å². The zero-order valence-corrected chi connectivity index (χ0v) is 12.9. The zero-order valence-electron chi connectivity index (χ0n) is 12.9. The predicted molar refractivity (Wildman–Crippen MR) is 79.9 cm³/mol. The highest BCUT2D eigenvalue weighted by Crippen LogP contribution is 2.29. The number of rotatable bonds is 4. The largest absolute Gasteiger partial charge is 0.481 e. The maximum atomic E-state index is 12.5. The van der Waals surface area contributed by atoms with Gasteiger partial charge in [-0.2, -0.15) is 23.3 Å². The minimum atomic E-state index is -4.67. The van der Waals surface area contributed by atoms with Crippen LogP contribution in [-0.4, -0.2) is 32.9 Å². The van der Waals surface area contributed by atoms with Gasteiger partial charge in [-0.05, 0) is 5.56 Å². The first kappa shape index (κ1) is 16.7. The molecule has 0 fully saturated rings. The number of nitrogens with one attached hydrogen (secondary N) is 1. The van der Waals surface area contributed by atoms with Crippen molar-refractivity contribution in [2.24, 2.45) is 0 Å². The molecule has 0 aliphatic rings. The quantitative estimate of drug-likeness (QED) is 0.576. The lowest BCUT2D eigenvalue weighted by Gasteiger charge is -2.03. The summed E-state index contributed by atoms with van der Waals surface area (Å²) in [5.41, 5.74) is 1.82. The van der Waals surface area contributed by atoms with Crippen molar-refractivity contribution in [3.8, 4) is 11.4 Å². The number of methoxy groups -OCH3 is 1. The van der Waals surface area contributed by atoms with Gasteiger partial charge in [-0.25, -0.2) is 0 Å². The Bertz CT molecular complexity index is 883. The van der Waals surface area contributed by atoms with Gasteiger partial charge in [-0.1, -0.05) is 29.4 Å². The average Bonchev–Trinajstić information content (AvgIpc) is 3.24. The number of nitrogens with zero attached hydrogens (tertiary/aromatic N) is 4.